The van der Waals surface area contributed by atoms with Gasteiger partial charge in [-0.2, -0.15) is 0 Å². The zero-order chi connectivity index (χ0) is 30.8. The minimum atomic E-state index is -1.09. The molecule has 2 unspecified atom stereocenters. The van der Waals surface area contributed by atoms with Gasteiger partial charge in [0.05, 0.1) is 19.8 Å². The van der Waals surface area contributed by atoms with Crippen molar-refractivity contribution in [2.75, 3.05) is 26.4 Å². The number of hydrogen-bond acceptors (Lipinski definition) is 12. The molecule has 12 nitrogen and oxygen atoms in total. The van der Waals surface area contributed by atoms with Crippen LogP contribution in [0.15, 0.2) is 18.2 Å². The summed E-state index contributed by atoms with van der Waals surface area (Å²) in [4.78, 5) is 48.6. The van der Waals surface area contributed by atoms with Crippen molar-refractivity contribution in [2.24, 2.45) is 17.6 Å². The summed E-state index contributed by atoms with van der Waals surface area (Å²) in [6.07, 6.45) is -0.299. The molecular weight excluding hydrogens is 538 g/mol. The summed E-state index contributed by atoms with van der Waals surface area (Å²) in [5.74, 6) is -0.641. The molecule has 41 heavy (non-hydrogen) atoms. The lowest BCUT2D eigenvalue weighted by Crippen LogP contribution is -2.36. The number of unbranched alkanes of at least 4 members (excludes halogenated alkanes) is 1. The Bertz CT molecular complexity index is 968. The Balaban J connectivity index is 2.83. The van der Waals surface area contributed by atoms with E-state index in [1.165, 1.54) is 12.1 Å². The molecule has 0 aliphatic rings. The predicted molar refractivity (Wildman–Crippen MR) is 149 cm³/mol. The summed E-state index contributed by atoms with van der Waals surface area (Å²) in [6.45, 7) is 11.6. The highest BCUT2D eigenvalue weighted by Crippen LogP contribution is 2.30. The van der Waals surface area contributed by atoms with Crippen molar-refractivity contribution >= 4 is 24.4 Å². The van der Waals surface area contributed by atoms with Gasteiger partial charge in [0.1, 0.15) is 18.8 Å². The molecule has 0 aliphatic heterocycles. The zero-order valence-corrected chi connectivity index (χ0v) is 25.0. The molecule has 0 saturated carbocycles. The van der Waals surface area contributed by atoms with Crippen LogP contribution in [0, 0.1) is 11.8 Å². The Kier molecular flexibility index (Phi) is 16.9. The number of rotatable bonds is 17. The number of benzene rings is 1. The molecule has 0 spiro atoms. The van der Waals surface area contributed by atoms with Crippen LogP contribution in [0.3, 0.4) is 0 Å². The summed E-state index contributed by atoms with van der Waals surface area (Å²) in [6, 6.07) is 3.28. The second-order valence-electron chi connectivity index (χ2n) is 9.96. The molecule has 0 radical (unpaired) electrons. The van der Waals surface area contributed by atoms with E-state index >= 15 is 0 Å². The van der Waals surface area contributed by atoms with Crippen molar-refractivity contribution in [3.8, 4) is 11.5 Å². The maximum atomic E-state index is 12.4. The molecule has 0 saturated heterocycles. The van der Waals surface area contributed by atoms with Crippen LogP contribution in [-0.4, -0.2) is 63.0 Å². The number of carbonyl (C=O) groups excluding carboxylic acids is 4. The second-order valence-corrected chi connectivity index (χ2v) is 9.96. The molecule has 2 N–H and O–H groups in total. The largest absolute Gasteiger partial charge is 0.513 e. The minimum Gasteiger partial charge on any atom is -0.461 e. The van der Waals surface area contributed by atoms with Crippen molar-refractivity contribution in [3.63, 3.8) is 0 Å². The molecule has 0 bridgehead atoms. The fourth-order valence-electron chi connectivity index (χ4n) is 2.91. The van der Waals surface area contributed by atoms with Gasteiger partial charge in [-0.15, -0.1) is 0 Å². The number of esters is 1. The van der Waals surface area contributed by atoms with E-state index in [-0.39, 0.29) is 56.2 Å². The van der Waals surface area contributed by atoms with Crippen LogP contribution in [-0.2, 0) is 34.9 Å². The van der Waals surface area contributed by atoms with Crippen LogP contribution in [0.4, 0.5) is 14.4 Å². The van der Waals surface area contributed by atoms with E-state index in [1.807, 2.05) is 34.6 Å². The molecule has 1 rings (SSSR count). The number of ether oxygens (including phenoxy) is 7. The zero-order valence-electron chi connectivity index (χ0n) is 25.0. The molecule has 1 aromatic carbocycles. The fraction of sp³-hybridized carbons (Fsp3) is 0.655. The predicted octanol–water partition coefficient (Wildman–Crippen LogP) is 5.56. The Hall–Kier alpha value is -3.54. The van der Waals surface area contributed by atoms with E-state index in [1.54, 1.807) is 13.0 Å². The lowest BCUT2D eigenvalue weighted by molar-refractivity contribution is -0.148. The van der Waals surface area contributed by atoms with Gasteiger partial charge in [0.15, 0.2) is 11.5 Å². The van der Waals surface area contributed by atoms with Crippen LogP contribution in [0.25, 0.3) is 0 Å². The van der Waals surface area contributed by atoms with Crippen LogP contribution < -0.4 is 15.2 Å². The lowest BCUT2D eigenvalue weighted by atomic mass is 10.1. The van der Waals surface area contributed by atoms with Gasteiger partial charge in [0.2, 0.25) is 0 Å². The van der Waals surface area contributed by atoms with Crippen LogP contribution in [0.1, 0.15) is 72.8 Å². The Labute approximate surface area is 242 Å². The van der Waals surface area contributed by atoms with Gasteiger partial charge in [-0.3, -0.25) is 4.79 Å². The molecule has 0 aliphatic carbocycles. The third-order valence-corrected chi connectivity index (χ3v) is 5.99. The summed E-state index contributed by atoms with van der Waals surface area (Å²) in [5.41, 5.74) is 6.51. The van der Waals surface area contributed by atoms with Gasteiger partial charge in [0.25, 0.3) is 0 Å². The maximum Gasteiger partial charge on any atom is 0.513 e. The van der Waals surface area contributed by atoms with Gasteiger partial charge >= 0.3 is 24.4 Å². The quantitative estimate of drug-likeness (QED) is 0.105. The summed E-state index contributed by atoms with van der Waals surface area (Å²) >= 11 is 0. The first-order valence-electron chi connectivity index (χ1n) is 14.1. The van der Waals surface area contributed by atoms with E-state index < -0.39 is 36.6 Å². The van der Waals surface area contributed by atoms with Crippen molar-refractivity contribution in [1.82, 2.24) is 0 Å². The first-order valence-corrected chi connectivity index (χ1v) is 14.1. The molecular formula is C29H45NO11. The molecule has 0 heterocycles. The summed E-state index contributed by atoms with van der Waals surface area (Å²) < 4.78 is 35.9. The van der Waals surface area contributed by atoms with E-state index in [4.69, 9.17) is 38.9 Å². The highest BCUT2D eigenvalue weighted by atomic mass is 16.7. The molecule has 1 aromatic rings. The highest BCUT2D eigenvalue weighted by Gasteiger charge is 2.22. The summed E-state index contributed by atoms with van der Waals surface area (Å²) in [5, 5.41) is 0. The highest BCUT2D eigenvalue weighted by molar-refractivity contribution is 5.76. The lowest BCUT2D eigenvalue weighted by Gasteiger charge is -2.17. The van der Waals surface area contributed by atoms with E-state index in [2.05, 4.69) is 0 Å². The third kappa shape index (κ3) is 15.1. The molecule has 0 fully saturated rings. The molecule has 12 heteroatoms. The minimum absolute atomic E-state index is 0.00412. The van der Waals surface area contributed by atoms with Crippen LogP contribution in [0.5, 0.6) is 11.5 Å². The average molecular weight is 584 g/mol. The number of carbonyl (C=O) groups is 4. The first-order chi connectivity index (χ1) is 19.5. The monoisotopic (exact) mass is 583 g/mol. The Morgan fingerprint density at radius 3 is 1.90 bits per heavy atom. The SMILES string of the molecule is CCCCOC(=O)O[C@@H](C)COC(=O)[C@@H](N)Cc1ccc(OC(=O)OCC(C)CC)c(OC(=O)OCC(C)CC)c1. The summed E-state index contributed by atoms with van der Waals surface area (Å²) in [7, 11) is 0. The maximum absolute atomic E-state index is 12.4. The van der Waals surface area contributed by atoms with Crippen molar-refractivity contribution in [3.05, 3.63) is 23.8 Å². The molecule has 0 aromatic heterocycles. The van der Waals surface area contributed by atoms with Gasteiger partial charge < -0.3 is 38.9 Å². The van der Waals surface area contributed by atoms with Gasteiger partial charge in [0, 0.05) is 0 Å². The standard InChI is InChI=1S/C29H45NO11/c1-7-10-13-35-27(32)39-21(6)18-36-26(31)23(30)14-22-11-12-24(40-28(33)37-16-19(4)8-2)25(15-22)41-29(34)38-17-20(5)9-3/h11-12,15,19-21,23H,7-10,13-14,16-18,30H2,1-6H3/t19?,20?,21-,23-/m0/s1. The van der Waals surface area contributed by atoms with Gasteiger partial charge in [-0.1, -0.05) is 59.9 Å². The molecule has 232 valence electrons. The van der Waals surface area contributed by atoms with Crippen molar-refractivity contribution in [2.45, 2.75) is 85.8 Å². The number of hydrogen-bond donors (Lipinski definition) is 1. The first kappa shape index (κ1) is 35.5. The fourth-order valence-corrected chi connectivity index (χ4v) is 2.91. The van der Waals surface area contributed by atoms with Crippen LogP contribution in [0.2, 0.25) is 0 Å². The molecule has 4 atom stereocenters. The Morgan fingerprint density at radius 2 is 1.34 bits per heavy atom. The van der Waals surface area contributed by atoms with E-state index in [9.17, 15) is 19.2 Å². The number of nitrogens with two attached hydrogens (primary N) is 1. The van der Waals surface area contributed by atoms with E-state index in [0.29, 0.717) is 5.56 Å². The van der Waals surface area contributed by atoms with Gasteiger partial charge in [-0.05, 0) is 49.3 Å². The second kappa shape index (κ2) is 19.5. The third-order valence-electron chi connectivity index (χ3n) is 5.99. The smallest absolute Gasteiger partial charge is 0.461 e. The van der Waals surface area contributed by atoms with Crippen molar-refractivity contribution in [1.29, 1.82) is 0 Å². The van der Waals surface area contributed by atoms with Crippen LogP contribution >= 0.6 is 0 Å². The van der Waals surface area contributed by atoms with Gasteiger partial charge in [-0.25, -0.2) is 14.4 Å². The normalized spacial score (nSPS) is 13.6. The Morgan fingerprint density at radius 1 is 0.756 bits per heavy atom. The van der Waals surface area contributed by atoms with E-state index in [0.717, 1.165) is 25.7 Å². The average Bonchev–Trinajstić information content (AvgIpc) is 2.94. The molecule has 0 amide bonds. The topological polar surface area (TPSA) is 159 Å². The van der Waals surface area contributed by atoms with Crippen molar-refractivity contribution < 1.29 is 52.3 Å².